The number of aliphatic imine (C=N–C) groups is 1. The molecule has 0 aromatic carbocycles. The predicted molar refractivity (Wildman–Crippen MR) is 75.3 cm³/mol. The Hall–Kier alpha value is -0.810. The number of hydrogen-bond acceptors (Lipinski definition) is 3. The summed E-state index contributed by atoms with van der Waals surface area (Å²) in [7, 11) is 0. The Kier molecular flexibility index (Phi) is 7.76. The molecule has 0 aromatic rings. The van der Waals surface area contributed by atoms with E-state index in [0.717, 1.165) is 51.1 Å². The summed E-state index contributed by atoms with van der Waals surface area (Å²) in [6.07, 6.45) is 4.70. The van der Waals surface area contributed by atoms with Gasteiger partial charge in [-0.05, 0) is 38.5 Å². The van der Waals surface area contributed by atoms with Crippen molar-refractivity contribution in [2.75, 3.05) is 32.8 Å². The molecular weight excluding hydrogens is 228 g/mol. The topological polar surface area (TPSA) is 62.9 Å². The Bertz CT molecular complexity index is 245. The number of nitrogens with one attached hydrogen (secondary N) is 1. The summed E-state index contributed by atoms with van der Waals surface area (Å²) >= 11 is 0. The summed E-state index contributed by atoms with van der Waals surface area (Å²) < 4.78 is 5.29. The number of hydrogen-bond donors (Lipinski definition) is 2. The van der Waals surface area contributed by atoms with Gasteiger partial charge in [-0.15, -0.1) is 0 Å². The van der Waals surface area contributed by atoms with E-state index >= 15 is 0 Å². The Morgan fingerprint density at radius 2 is 2.28 bits per heavy atom. The van der Waals surface area contributed by atoms with Gasteiger partial charge in [0.2, 0.25) is 5.96 Å². The van der Waals surface area contributed by atoms with Crippen molar-refractivity contribution in [3.05, 3.63) is 0 Å². The molecule has 18 heavy (non-hydrogen) atoms. The number of ether oxygens (including phenoxy) is 1. The molecule has 1 aliphatic rings. The zero-order valence-corrected chi connectivity index (χ0v) is 11.8. The lowest BCUT2D eigenvalue weighted by Crippen LogP contribution is -2.45. The summed E-state index contributed by atoms with van der Waals surface area (Å²) in [6, 6.07) is 0. The van der Waals surface area contributed by atoms with E-state index in [-0.39, 0.29) is 0 Å². The number of likely N-dealkylation sites (tertiary alicyclic amines) is 1. The molecule has 1 heterocycles. The quantitative estimate of drug-likeness (QED) is 0.256. The lowest BCUT2D eigenvalue weighted by molar-refractivity contribution is 0.146. The van der Waals surface area contributed by atoms with Crippen LogP contribution < -0.4 is 11.3 Å². The standard InChI is InChI=1S/C13H28N4O/c1-3-18-11-5-8-15-13(16-14)17-9-4-6-12(2)7-10-17/h12H,3-11,14H2,1-2H3,(H,15,16). The summed E-state index contributed by atoms with van der Waals surface area (Å²) in [5.41, 5.74) is 2.74. The van der Waals surface area contributed by atoms with Crippen LogP contribution in [-0.2, 0) is 4.74 Å². The molecule has 5 heteroatoms. The number of nitrogens with zero attached hydrogens (tertiary/aromatic N) is 2. The van der Waals surface area contributed by atoms with E-state index in [1.807, 2.05) is 6.92 Å². The smallest absolute Gasteiger partial charge is 0.208 e. The Balaban J connectivity index is 2.36. The highest BCUT2D eigenvalue weighted by atomic mass is 16.5. The fraction of sp³-hybridized carbons (Fsp3) is 0.923. The largest absolute Gasteiger partial charge is 0.382 e. The van der Waals surface area contributed by atoms with Crippen LogP contribution in [0.3, 0.4) is 0 Å². The van der Waals surface area contributed by atoms with Gasteiger partial charge in [-0.2, -0.15) is 0 Å². The average Bonchev–Trinajstić information content (AvgIpc) is 2.59. The van der Waals surface area contributed by atoms with Crippen LogP contribution in [0.5, 0.6) is 0 Å². The van der Waals surface area contributed by atoms with Gasteiger partial charge in [-0.1, -0.05) is 6.92 Å². The van der Waals surface area contributed by atoms with Crippen LogP contribution >= 0.6 is 0 Å². The SMILES string of the molecule is CCOCCCN=C(NN)N1CCCC(C)CC1. The van der Waals surface area contributed by atoms with E-state index in [0.29, 0.717) is 0 Å². The van der Waals surface area contributed by atoms with Gasteiger partial charge in [0.1, 0.15) is 0 Å². The summed E-state index contributed by atoms with van der Waals surface area (Å²) in [5.74, 6) is 7.22. The van der Waals surface area contributed by atoms with Gasteiger partial charge >= 0.3 is 0 Å². The molecule has 106 valence electrons. The molecule has 5 nitrogen and oxygen atoms in total. The maximum absolute atomic E-state index is 5.58. The highest BCUT2D eigenvalue weighted by Crippen LogP contribution is 2.16. The molecule has 0 saturated carbocycles. The minimum atomic E-state index is 0.769. The third-order valence-corrected chi connectivity index (χ3v) is 3.36. The minimum absolute atomic E-state index is 0.769. The fourth-order valence-corrected chi connectivity index (χ4v) is 2.21. The molecule has 1 rings (SSSR count). The molecule has 1 saturated heterocycles. The first-order valence-electron chi connectivity index (χ1n) is 7.11. The van der Waals surface area contributed by atoms with Crippen LogP contribution in [0.25, 0.3) is 0 Å². The van der Waals surface area contributed by atoms with E-state index in [4.69, 9.17) is 10.6 Å². The lowest BCUT2D eigenvalue weighted by atomic mass is 10.0. The fourth-order valence-electron chi connectivity index (χ4n) is 2.21. The van der Waals surface area contributed by atoms with Crippen molar-refractivity contribution in [2.24, 2.45) is 16.8 Å². The number of rotatable bonds is 5. The van der Waals surface area contributed by atoms with Gasteiger partial charge in [-0.25, -0.2) is 5.84 Å². The summed E-state index contributed by atoms with van der Waals surface area (Å²) in [5, 5.41) is 0. The number of nitrogens with two attached hydrogens (primary N) is 1. The Morgan fingerprint density at radius 1 is 1.44 bits per heavy atom. The van der Waals surface area contributed by atoms with Gasteiger partial charge in [0.05, 0.1) is 0 Å². The Labute approximate surface area is 111 Å². The van der Waals surface area contributed by atoms with E-state index in [2.05, 4.69) is 22.2 Å². The first-order chi connectivity index (χ1) is 8.77. The van der Waals surface area contributed by atoms with E-state index in [1.165, 1.54) is 19.3 Å². The molecule has 0 radical (unpaired) electrons. The molecule has 0 aliphatic carbocycles. The molecule has 0 amide bonds. The first kappa shape index (κ1) is 15.2. The van der Waals surface area contributed by atoms with E-state index < -0.39 is 0 Å². The zero-order chi connectivity index (χ0) is 13.2. The van der Waals surface area contributed by atoms with E-state index in [1.54, 1.807) is 0 Å². The van der Waals surface area contributed by atoms with Gasteiger partial charge < -0.3 is 9.64 Å². The predicted octanol–water partition coefficient (Wildman–Crippen LogP) is 1.35. The third-order valence-electron chi connectivity index (χ3n) is 3.36. The second-order valence-corrected chi connectivity index (χ2v) is 4.92. The lowest BCUT2D eigenvalue weighted by Gasteiger charge is -2.23. The van der Waals surface area contributed by atoms with Crippen LogP contribution in [0.2, 0.25) is 0 Å². The van der Waals surface area contributed by atoms with Crippen molar-refractivity contribution in [1.29, 1.82) is 0 Å². The number of hydrazine groups is 1. The van der Waals surface area contributed by atoms with Gasteiger partial charge in [0.25, 0.3) is 0 Å². The second-order valence-electron chi connectivity index (χ2n) is 4.92. The maximum atomic E-state index is 5.58. The molecule has 0 spiro atoms. The van der Waals surface area contributed by atoms with Gasteiger partial charge in [0, 0.05) is 32.8 Å². The molecule has 1 fully saturated rings. The van der Waals surface area contributed by atoms with Gasteiger partial charge in [-0.3, -0.25) is 10.4 Å². The van der Waals surface area contributed by atoms with Crippen molar-refractivity contribution < 1.29 is 4.74 Å². The number of guanidine groups is 1. The highest BCUT2D eigenvalue weighted by Gasteiger charge is 2.16. The normalized spacial score (nSPS) is 21.8. The molecule has 1 unspecified atom stereocenters. The monoisotopic (exact) mass is 256 g/mol. The van der Waals surface area contributed by atoms with Crippen LogP contribution in [0.4, 0.5) is 0 Å². The van der Waals surface area contributed by atoms with Crippen molar-refractivity contribution in [2.45, 2.75) is 39.5 Å². The first-order valence-corrected chi connectivity index (χ1v) is 7.11. The summed E-state index contributed by atoms with van der Waals surface area (Å²) in [4.78, 5) is 6.80. The van der Waals surface area contributed by atoms with E-state index in [9.17, 15) is 0 Å². The van der Waals surface area contributed by atoms with Crippen molar-refractivity contribution in [3.63, 3.8) is 0 Å². The Morgan fingerprint density at radius 3 is 3.00 bits per heavy atom. The van der Waals surface area contributed by atoms with Gasteiger partial charge in [0.15, 0.2) is 0 Å². The summed E-state index contributed by atoms with van der Waals surface area (Å²) in [6.45, 7) is 8.75. The van der Waals surface area contributed by atoms with Crippen LogP contribution in [0, 0.1) is 5.92 Å². The average molecular weight is 256 g/mol. The highest BCUT2D eigenvalue weighted by molar-refractivity contribution is 5.79. The van der Waals surface area contributed by atoms with Crippen LogP contribution in [0.15, 0.2) is 4.99 Å². The molecule has 1 atom stereocenters. The molecule has 0 bridgehead atoms. The minimum Gasteiger partial charge on any atom is -0.382 e. The van der Waals surface area contributed by atoms with Crippen molar-refractivity contribution in [3.8, 4) is 0 Å². The molecule has 0 aromatic heterocycles. The zero-order valence-electron chi connectivity index (χ0n) is 11.8. The molecule has 1 aliphatic heterocycles. The second kappa shape index (κ2) is 9.16. The molecule has 3 N–H and O–H groups in total. The molecular formula is C13H28N4O. The van der Waals surface area contributed by atoms with Crippen LogP contribution in [0.1, 0.15) is 39.5 Å². The van der Waals surface area contributed by atoms with Crippen LogP contribution in [-0.4, -0.2) is 43.7 Å². The third kappa shape index (κ3) is 5.69. The maximum Gasteiger partial charge on any atom is 0.208 e. The van der Waals surface area contributed by atoms with Crippen molar-refractivity contribution in [1.82, 2.24) is 10.3 Å². The van der Waals surface area contributed by atoms with Crippen molar-refractivity contribution >= 4 is 5.96 Å².